The van der Waals surface area contributed by atoms with Crippen molar-refractivity contribution in [2.24, 2.45) is 0 Å². The Morgan fingerprint density at radius 3 is 2.70 bits per heavy atom. The van der Waals surface area contributed by atoms with E-state index in [1.165, 1.54) is 6.07 Å². The van der Waals surface area contributed by atoms with Crippen LogP contribution in [0.25, 0.3) is 0 Å². The Labute approximate surface area is 118 Å². The summed E-state index contributed by atoms with van der Waals surface area (Å²) in [6.07, 6.45) is 2.27. The van der Waals surface area contributed by atoms with Crippen molar-refractivity contribution in [3.63, 3.8) is 0 Å². The molecule has 0 spiro atoms. The van der Waals surface area contributed by atoms with Gasteiger partial charge < -0.3 is 9.32 Å². The van der Waals surface area contributed by atoms with Crippen LogP contribution in [0.5, 0.6) is 0 Å². The highest BCUT2D eigenvalue weighted by Crippen LogP contribution is 2.20. The van der Waals surface area contributed by atoms with Crippen LogP contribution >= 0.6 is 0 Å². The van der Waals surface area contributed by atoms with E-state index in [1.807, 2.05) is 13.0 Å². The van der Waals surface area contributed by atoms with Gasteiger partial charge in [-0.05, 0) is 37.1 Å². The summed E-state index contributed by atoms with van der Waals surface area (Å²) in [6.45, 7) is 1.90. The summed E-state index contributed by atoms with van der Waals surface area (Å²) in [5, 5.41) is 0. The van der Waals surface area contributed by atoms with Crippen molar-refractivity contribution in [2.45, 2.75) is 25.8 Å². The van der Waals surface area contributed by atoms with Gasteiger partial charge in [-0.15, -0.1) is 0 Å². The van der Waals surface area contributed by atoms with Crippen LogP contribution in [0, 0.1) is 5.82 Å². The second kappa shape index (κ2) is 6.37. The molecule has 1 amide bonds. The number of benzene rings is 1. The number of carbonyl (C=O) groups is 1. The highest BCUT2D eigenvalue weighted by Gasteiger charge is 2.19. The van der Waals surface area contributed by atoms with Gasteiger partial charge in [-0.2, -0.15) is 0 Å². The van der Waals surface area contributed by atoms with E-state index >= 15 is 0 Å². The van der Waals surface area contributed by atoms with Gasteiger partial charge in [0.15, 0.2) is 0 Å². The molecule has 0 bridgehead atoms. The molecule has 0 aliphatic heterocycles. The standard InChI is InChI=1S/C16H18FNO2/c1-12(15-8-5-11-20-15)18(2)16(19)10-9-13-6-3-4-7-14(13)17/h3-8,11-12H,9-10H2,1-2H3. The van der Waals surface area contributed by atoms with Crippen LogP contribution < -0.4 is 0 Å². The lowest BCUT2D eigenvalue weighted by molar-refractivity contribution is -0.132. The third-order valence-corrected chi connectivity index (χ3v) is 3.50. The van der Waals surface area contributed by atoms with E-state index in [9.17, 15) is 9.18 Å². The first kappa shape index (κ1) is 14.3. The number of aryl methyl sites for hydroxylation is 1. The molecule has 106 valence electrons. The summed E-state index contributed by atoms with van der Waals surface area (Å²) < 4.78 is 18.8. The second-order valence-corrected chi connectivity index (χ2v) is 4.79. The lowest BCUT2D eigenvalue weighted by atomic mass is 10.1. The van der Waals surface area contributed by atoms with Gasteiger partial charge in [-0.1, -0.05) is 18.2 Å². The maximum Gasteiger partial charge on any atom is 0.223 e. The van der Waals surface area contributed by atoms with E-state index in [0.29, 0.717) is 12.0 Å². The van der Waals surface area contributed by atoms with E-state index in [2.05, 4.69) is 0 Å². The summed E-state index contributed by atoms with van der Waals surface area (Å²) in [5.74, 6) is 0.450. The molecule has 0 aliphatic carbocycles. The first-order valence-corrected chi connectivity index (χ1v) is 6.62. The first-order valence-electron chi connectivity index (χ1n) is 6.62. The number of halogens is 1. The van der Waals surface area contributed by atoms with Crippen molar-refractivity contribution in [3.05, 3.63) is 59.8 Å². The molecular weight excluding hydrogens is 257 g/mol. The quantitative estimate of drug-likeness (QED) is 0.835. The van der Waals surface area contributed by atoms with Gasteiger partial charge in [-0.3, -0.25) is 4.79 Å². The van der Waals surface area contributed by atoms with E-state index in [-0.39, 0.29) is 24.2 Å². The molecule has 0 radical (unpaired) electrons. The highest BCUT2D eigenvalue weighted by molar-refractivity contribution is 5.76. The van der Waals surface area contributed by atoms with Crippen LogP contribution in [0.1, 0.15) is 30.7 Å². The molecule has 2 aromatic rings. The summed E-state index contributed by atoms with van der Waals surface area (Å²) in [5.41, 5.74) is 0.569. The fourth-order valence-corrected chi connectivity index (χ4v) is 2.05. The number of nitrogens with zero attached hydrogens (tertiary/aromatic N) is 1. The second-order valence-electron chi connectivity index (χ2n) is 4.79. The number of hydrogen-bond acceptors (Lipinski definition) is 2. The summed E-state index contributed by atoms with van der Waals surface area (Å²) in [6, 6.07) is 10.0. The van der Waals surface area contributed by atoms with Crippen LogP contribution in [0.2, 0.25) is 0 Å². The van der Waals surface area contributed by atoms with Gasteiger partial charge >= 0.3 is 0 Å². The van der Waals surface area contributed by atoms with Crippen LogP contribution in [0.15, 0.2) is 47.1 Å². The van der Waals surface area contributed by atoms with E-state index < -0.39 is 0 Å². The van der Waals surface area contributed by atoms with Crippen molar-refractivity contribution in [1.29, 1.82) is 0 Å². The predicted molar refractivity (Wildman–Crippen MR) is 74.6 cm³/mol. The smallest absolute Gasteiger partial charge is 0.223 e. The van der Waals surface area contributed by atoms with Crippen molar-refractivity contribution in [2.75, 3.05) is 7.05 Å². The van der Waals surface area contributed by atoms with Gasteiger partial charge in [0.25, 0.3) is 0 Å². The lowest BCUT2D eigenvalue weighted by Crippen LogP contribution is -2.29. The molecule has 20 heavy (non-hydrogen) atoms. The fraction of sp³-hybridized carbons (Fsp3) is 0.312. The predicted octanol–water partition coefficient (Wildman–Crippen LogP) is 3.57. The zero-order valence-corrected chi connectivity index (χ0v) is 11.7. The molecule has 0 saturated heterocycles. The Hall–Kier alpha value is -2.10. The Morgan fingerprint density at radius 1 is 1.30 bits per heavy atom. The van der Waals surface area contributed by atoms with Crippen LogP contribution in [-0.2, 0) is 11.2 Å². The number of hydrogen-bond donors (Lipinski definition) is 0. The minimum atomic E-state index is -0.262. The molecule has 0 fully saturated rings. The average molecular weight is 275 g/mol. The van der Waals surface area contributed by atoms with Gasteiger partial charge in [0.1, 0.15) is 11.6 Å². The maximum absolute atomic E-state index is 13.5. The molecule has 4 heteroatoms. The van der Waals surface area contributed by atoms with Gasteiger partial charge in [0.05, 0.1) is 12.3 Å². The highest BCUT2D eigenvalue weighted by atomic mass is 19.1. The zero-order chi connectivity index (χ0) is 14.5. The molecule has 2 rings (SSSR count). The van der Waals surface area contributed by atoms with Gasteiger partial charge in [-0.25, -0.2) is 4.39 Å². The van der Waals surface area contributed by atoms with Crippen LogP contribution in [-0.4, -0.2) is 17.9 Å². The Kier molecular flexibility index (Phi) is 4.56. The molecular formula is C16H18FNO2. The fourth-order valence-electron chi connectivity index (χ4n) is 2.05. The number of furan rings is 1. The topological polar surface area (TPSA) is 33.5 Å². The molecule has 1 heterocycles. The molecule has 1 aromatic heterocycles. The van der Waals surface area contributed by atoms with Crippen molar-refractivity contribution in [1.82, 2.24) is 4.90 Å². The largest absolute Gasteiger partial charge is 0.467 e. The van der Waals surface area contributed by atoms with Crippen molar-refractivity contribution >= 4 is 5.91 Å². The normalized spacial score (nSPS) is 12.2. The third kappa shape index (κ3) is 3.26. The number of amides is 1. The number of carbonyl (C=O) groups excluding carboxylic acids is 1. The third-order valence-electron chi connectivity index (χ3n) is 3.50. The maximum atomic E-state index is 13.5. The molecule has 3 nitrogen and oxygen atoms in total. The Morgan fingerprint density at radius 2 is 2.05 bits per heavy atom. The molecule has 0 N–H and O–H groups in total. The van der Waals surface area contributed by atoms with E-state index in [4.69, 9.17) is 4.42 Å². The summed E-state index contributed by atoms with van der Waals surface area (Å²) in [7, 11) is 1.73. The molecule has 0 saturated carbocycles. The molecule has 0 aliphatic rings. The molecule has 1 unspecified atom stereocenters. The monoisotopic (exact) mass is 275 g/mol. The van der Waals surface area contributed by atoms with Gasteiger partial charge in [0, 0.05) is 13.5 Å². The molecule has 1 atom stereocenters. The van der Waals surface area contributed by atoms with Gasteiger partial charge in [0.2, 0.25) is 5.91 Å². The Balaban J connectivity index is 1.93. The van der Waals surface area contributed by atoms with Crippen molar-refractivity contribution in [3.8, 4) is 0 Å². The SMILES string of the molecule is CC(c1ccco1)N(C)C(=O)CCc1ccccc1F. The van der Waals surface area contributed by atoms with Crippen LogP contribution in [0.4, 0.5) is 4.39 Å². The minimum Gasteiger partial charge on any atom is -0.467 e. The summed E-state index contributed by atoms with van der Waals surface area (Å²) in [4.78, 5) is 13.8. The zero-order valence-electron chi connectivity index (χ0n) is 11.7. The van der Waals surface area contributed by atoms with E-state index in [0.717, 1.165) is 5.76 Å². The average Bonchev–Trinajstić information content (AvgIpc) is 2.98. The van der Waals surface area contributed by atoms with Crippen LogP contribution in [0.3, 0.4) is 0 Å². The van der Waals surface area contributed by atoms with E-state index in [1.54, 1.807) is 42.5 Å². The lowest BCUT2D eigenvalue weighted by Gasteiger charge is -2.23. The summed E-state index contributed by atoms with van der Waals surface area (Å²) >= 11 is 0. The first-order chi connectivity index (χ1) is 9.59. The Bertz CT molecular complexity index is 566. The number of rotatable bonds is 5. The molecule has 1 aromatic carbocycles. The minimum absolute atomic E-state index is 0.0304. The van der Waals surface area contributed by atoms with Crippen molar-refractivity contribution < 1.29 is 13.6 Å².